The summed E-state index contributed by atoms with van der Waals surface area (Å²) in [5.41, 5.74) is 2.05. The van der Waals surface area contributed by atoms with Gasteiger partial charge < -0.3 is 5.32 Å². The second-order valence-corrected chi connectivity index (χ2v) is 5.81. The molecular weight excluding hydrogens is 330 g/mol. The zero-order valence-electron chi connectivity index (χ0n) is 13.9. The maximum atomic E-state index is 13.7. The molecule has 0 radical (unpaired) electrons. The van der Waals surface area contributed by atoms with E-state index in [0.29, 0.717) is 33.9 Å². The Bertz CT molecular complexity index is 1050. The maximum Gasteiger partial charge on any atom is 0.273 e. The number of aryl methyl sites for hydroxylation is 3. The number of hydrogen-bond acceptors (Lipinski definition) is 3. The number of carbonyl (C=O) groups is 1. The van der Waals surface area contributed by atoms with Gasteiger partial charge in [-0.15, -0.1) is 0 Å². The predicted molar refractivity (Wildman–Crippen MR) is 88.3 cm³/mol. The number of rotatable bonds is 3. The Hall–Kier alpha value is -3.03. The van der Waals surface area contributed by atoms with E-state index < -0.39 is 17.5 Å². The number of aromatic amines is 1. The Morgan fingerprint density at radius 1 is 1.32 bits per heavy atom. The first-order chi connectivity index (χ1) is 11.8. The molecule has 2 N–H and O–H groups in total. The summed E-state index contributed by atoms with van der Waals surface area (Å²) in [6.45, 7) is 3.61. The van der Waals surface area contributed by atoms with Crippen LogP contribution in [0.25, 0.3) is 11.0 Å². The Labute approximate surface area is 141 Å². The van der Waals surface area contributed by atoms with Gasteiger partial charge in [-0.3, -0.25) is 19.4 Å². The first-order valence-electron chi connectivity index (χ1n) is 7.57. The maximum absolute atomic E-state index is 13.7. The van der Waals surface area contributed by atoms with Crippen LogP contribution in [0.2, 0.25) is 0 Å². The minimum Gasteiger partial charge on any atom is -0.348 e. The number of hydrogen-bond donors (Lipinski definition) is 2. The number of nitrogens with one attached hydrogen (secondary N) is 2. The van der Waals surface area contributed by atoms with E-state index in [1.165, 1.54) is 4.68 Å². The number of aromatic nitrogens is 3. The summed E-state index contributed by atoms with van der Waals surface area (Å²) in [4.78, 5) is 28.6. The van der Waals surface area contributed by atoms with Crippen LogP contribution in [0.3, 0.4) is 0 Å². The van der Waals surface area contributed by atoms with Gasteiger partial charge in [0.15, 0.2) is 5.65 Å². The summed E-state index contributed by atoms with van der Waals surface area (Å²) < 4.78 is 28.2. The second-order valence-electron chi connectivity index (χ2n) is 5.81. The highest BCUT2D eigenvalue weighted by Gasteiger charge is 2.17. The van der Waals surface area contributed by atoms with E-state index in [1.807, 2.05) is 0 Å². The van der Waals surface area contributed by atoms with Crippen LogP contribution in [0.1, 0.15) is 27.2 Å². The lowest BCUT2D eigenvalue weighted by Crippen LogP contribution is -2.25. The first-order valence-corrected chi connectivity index (χ1v) is 7.57. The van der Waals surface area contributed by atoms with Gasteiger partial charge in [-0.25, -0.2) is 13.8 Å². The third-order valence-electron chi connectivity index (χ3n) is 4.18. The Morgan fingerprint density at radius 2 is 2.04 bits per heavy atom. The molecule has 1 amide bonds. The second kappa shape index (κ2) is 6.12. The van der Waals surface area contributed by atoms with Crippen LogP contribution in [-0.4, -0.2) is 20.7 Å². The fourth-order valence-electron chi connectivity index (χ4n) is 2.85. The molecule has 0 aliphatic heterocycles. The molecule has 1 aromatic carbocycles. The van der Waals surface area contributed by atoms with Crippen molar-refractivity contribution in [3.8, 4) is 0 Å². The topological polar surface area (TPSA) is 79.8 Å². The van der Waals surface area contributed by atoms with E-state index in [0.717, 1.165) is 12.1 Å². The number of halogens is 2. The van der Waals surface area contributed by atoms with Crippen LogP contribution >= 0.6 is 0 Å². The molecule has 0 bridgehead atoms. The van der Waals surface area contributed by atoms with Crippen LogP contribution in [0.5, 0.6) is 0 Å². The fraction of sp³-hybridized carbons (Fsp3) is 0.235. The molecule has 0 atom stereocenters. The smallest absolute Gasteiger partial charge is 0.273 e. The Kier molecular flexibility index (Phi) is 4.12. The van der Waals surface area contributed by atoms with Crippen LogP contribution in [0.4, 0.5) is 8.78 Å². The van der Waals surface area contributed by atoms with Gasteiger partial charge in [-0.05, 0) is 37.1 Å². The molecule has 0 saturated heterocycles. The minimum absolute atomic E-state index is 0.0740. The monoisotopic (exact) mass is 346 g/mol. The number of carbonyl (C=O) groups excluding carboxylic acids is 1. The van der Waals surface area contributed by atoms with E-state index in [4.69, 9.17) is 0 Å². The van der Waals surface area contributed by atoms with Crippen molar-refractivity contribution >= 4 is 16.9 Å². The minimum atomic E-state index is -0.931. The van der Waals surface area contributed by atoms with E-state index in [2.05, 4.69) is 15.4 Å². The molecule has 3 aromatic rings. The van der Waals surface area contributed by atoms with E-state index in [1.54, 1.807) is 20.9 Å². The lowest BCUT2D eigenvalue weighted by molar-refractivity contribution is 0.0946. The van der Waals surface area contributed by atoms with Crippen LogP contribution in [-0.2, 0) is 13.6 Å². The molecule has 2 aromatic heterocycles. The van der Waals surface area contributed by atoms with Gasteiger partial charge in [0, 0.05) is 25.4 Å². The normalized spacial score (nSPS) is 11.1. The zero-order valence-corrected chi connectivity index (χ0v) is 13.9. The van der Waals surface area contributed by atoms with Crippen molar-refractivity contribution in [2.45, 2.75) is 20.4 Å². The Morgan fingerprint density at radius 3 is 2.72 bits per heavy atom. The van der Waals surface area contributed by atoms with Crippen molar-refractivity contribution in [2.24, 2.45) is 7.05 Å². The number of pyridine rings is 1. The van der Waals surface area contributed by atoms with Crippen LogP contribution in [0, 0.1) is 25.5 Å². The lowest BCUT2D eigenvalue weighted by atomic mass is 10.0. The van der Waals surface area contributed by atoms with Crippen molar-refractivity contribution in [3.63, 3.8) is 0 Å². The van der Waals surface area contributed by atoms with E-state index in [9.17, 15) is 18.4 Å². The van der Waals surface area contributed by atoms with E-state index >= 15 is 0 Å². The van der Waals surface area contributed by atoms with Crippen LogP contribution < -0.4 is 10.9 Å². The summed E-state index contributed by atoms with van der Waals surface area (Å²) >= 11 is 0. The van der Waals surface area contributed by atoms with Crippen molar-refractivity contribution in [2.75, 3.05) is 0 Å². The van der Waals surface area contributed by atoms with Gasteiger partial charge >= 0.3 is 0 Å². The fourth-order valence-corrected chi connectivity index (χ4v) is 2.85. The molecular formula is C17H16F2N4O2. The third kappa shape index (κ3) is 2.90. The molecule has 6 nitrogen and oxygen atoms in total. The lowest BCUT2D eigenvalue weighted by Gasteiger charge is -2.12. The first kappa shape index (κ1) is 16.8. The van der Waals surface area contributed by atoms with Gasteiger partial charge in [0.25, 0.3) is 11.5 Å². The summed E-state index contributed by atoms with van der Waals surface area (Å²) in [6, 6.07) is 2.76. The third-order valence-corrected chi connectivity index (χ3v) is 4.18. The molecule has 2 heterocycles. The molecule has 0 aliphatic rings. The van der Waals surface area contributed by atoms with Gasteiger partial charge in [0.1, 0.15) is 11.6 Å². The molecule has 3 rings (SSSR count). The summed E-state index contributed by atoms with van der Waals surface area (Å²) in [5.74, 6) is -2.35. The molecule has 0 aliphatic carbocycles. The highest BCUT2D eigenvalue weighted by atomic mass is 19.1. The predicted octanol–water partition coefficient (Wildman–Crippen LogP) is 2.09. The van der Waals surface area contributed by atoms with Crippen molar-refractivity contribution in [1.29, 1.82) is 0 Å². The van der Waals surface area contributed by atoms with Gasteiger partial charge in [0.05, 0.1) is 10.9 Å². The van der Waals surface area contributed by atoms with Crippen LogP contribution in [0.15, 0.2) is 23.0 Å². The number of H-pyrrole nitrogens is 1. The Balaban J connectivity index is 1.92. The van der Waals surface area contributed by atoms with Crippen molar-refractivity contribution < 1.29 is 13.6 Å². The average Bonchev–Trinajstić information content (AvgIpc) is 2.81. The molecule has 0 unspecified atom stereocenters. The number of amides is 1. The average molecular weight is 346 g/mol. The molecule has 0 fully saturated rings. The number of fused-ring (bicyclic) bond motifs is 1. The van der Waals surface area contributed by atoms with Gasteiger partial charge in [-0.2, -0.15) is 0 Å². The summed E-state index contributed by atoms with van der Waals surface area (Å²) in [7, 11) is 1.69. The standard InChI is InChI=1S/C17H16F2N4O2/c1-8-12(9(2)21-15-14(8)17(25)22-23(15)3)7-20-16(24)11-5-4-10(18)6-13(11)19/h4-6H,7H2,1-3H3,(H,20,24)(H,22,25). The summed E-state index contributed by atoms with van der Waals surface area (Å²) in [6.07, 6.45) is 0. The quantitative estimate of drug-likeness (QED) is 0.762. The molecule has 0 spiro atoms. The van der Waals surface area contributed by atoms with Crippen molar-refractivity contribution in [1.82, 2.24) is 20.1 Å². The number of benzene rings is 1. The molecule has 130 valence electrons. The van der Waals surface area contributed by atoms with Gasteiger partial charge in [-0.1, -0.05) is 0 Å². The molecule has 25 heavy (non-hydrogen) atoms. The molecule has 8 heteroatoms. The molecule has 0 saturated carbocycles. The zero-order chi connectivity index (χ0) is 18.3. The SMILES string of the molecule is Cc1nc2c(c(C)c1CNC(=O)c1ccc(F)cc1F)c(=O)[nH]n2C. The number of nitrogens with zero attached hydrogens (tertiary/aromatic N) is 2. The highest BCUT2D eigenvalue weighted by Crippen LogP contribution is 2.20. The van der Waals surface area contributed by atoms with E-state index in [-0.39, 0.29) is 17.7 Å². The largest absolute Gasteiger partial charge is 0.348 e. The highest BCUT2D eigenvalue weighted by molar-refractivity contribution is 5.94. The van der Waals surface area contributed by atoms with Crippen molar-refractivity contribution in [3.05, 3.63) is 62.6 Å². The summed E-state index contributed by atoms with van der Waals surface area (Å²) in [5, 5.41) is 5.68. The van der Waals surface area contributed by atoms with Gasteiger partial charge in [0.2, 0.25) is 0 Å².